The summed E-state index contributed by atoms with van der Waals surface area (Å²) in [6, 6.07) is 3.82. The first-order chi connectivity index (χ1) is 7.66. The molecule has 0 aliphatic carbocycles. The normalized spacial score (nSPS) is 13.6. The Hall–Kier alpha value is -1.71. The van der Waals surface area contributed by atoms with Gasteiger partial charge in [0.25, 0.3) is 0 Å². The number of hydrogen-bond acceptors (Lipinski definition) is 3. The fourth-order valence-corrected chi connectivity index (χ4v) is 1.80. The molecular weight excluding hydrogens is 208 g/mol. The van der Waals surface area contributed by atoms with Gasteiger partial charge in [0.1, 0.15) is 13.2 Å². The number of aliphatic carboxylic acids is 1. The SMILES string of the molecule is Cc1cc(CCC(=O)O)cc2c1OCCO2. The molecule has 1 aromatic carbocycles. The van der Waals surface area contributed by atoms with E-state index in [4.69, 9.17) is 14.6 Å². The Morgan fingerprint density at radius 3 is 2.88 bits per heavy atom. The lowest BCUT2D eigenvalue weighted by Crippen LogP contribution is -2.16. The van der Waals surface area contributed by atoms with Gasteiger partial charge in [-0.15, -0.1) is 0 Å². The number of hydrogen-bond donors (Lipinski definition) is 1. The average molecular weight is 222 g/mol. The predicted molar refractivity (Wildman–Crippen MR) is 58.1 cm³/mol. The van der Waals surface area contributed by atoms with E-state index in [9.17, 15) is 4.79 Å². The molecule has 1 heterocycles. The zero-order valence-corrected chi connectivity index (χ0v) is 9.16. The van der Waals surface area contributed by atoms with Crippen LogP contribution in [0, 0.1) is 6.92 Å². The molecule has 0 atom stereocenters. The summed E-state index contributed by atoms with van der Waals surface area (Å²) in [6.07, 6.45) is 0.659. The van der Waals surface area contributed by atoms with Gasteiger partial charge in [0.05, 0.1) is 0 Å². The Balaban J connectivity index is 2.21. The van der Waals surface area contributed by atoms with Gasteiger partial charge in [-0.1, -0.05) is 6.07 Å². The second kappa shape index (κ2) is 4.43. The summed E-state index contributed by atoms with van der Waals surface area (Å²) in [6.45, 7) is 3.06. The number of benzene rings is 1. The fourth-order valence-electron chi connectivity index (χ4n) is 1.80. The van der Waals surface area contributed by atoms with Crippen LogP contribution in [-0.4, -0.2) is 24.3 Å². The van der Waals surface area contributed by atoms with Crippen LogP contribution in [0.3, 0.4) is 0 Å². The zero-order valence-electron chi connectivity index (χ0n) is 9.16. The molecule has 4 nitrogen and oxygen atoms in total. The maximum atomic E-state index is 10.5. The van der Waals surface area contributed by atoms with Crippen LogP contribution in [0.4, 0.5) is 0 Å². The summed E-state index contributed by atoms with van der Waals surface area (Å²) in [5.74, 6) is 0.726. The molecule has 0 unspecified atom stereocenters. The van der Waals surface area contributed by atoms with Crippen molar-refractivity contribution in [2.75, 3.05) is 13.2 Å². The Bertz CT molecular complexity index is 412. The highest BCUT2D eigenvalue weighted by atomic mass is 16.6. The van der Waals surface area contributed by atoms with E-state index in [0.717, 1.165) is 22.6 Å². The van der Waals surface area contributed by atoms with Gasteiger partial charge in [-0.05, 0) is 30.5 Å². The number of carboxylic acid groups (broad SMARTS) is 1. The molecule has 0 saturated heterocycles. The Labute approximate surface area is 93.8 Å². The highest BCUT2D eigenvalue weighted by molar-refractivity contribution is 5.67. The number of fused-ring (bicyclic) bond motifs is 1. The second-order valence-corrected chi connectivity index (χ2v) is 3.83. The van der Waals surface area contributed by atoms with Crippen LogP contribution in [0.15, 0.2) is 12.1 Å². The topological polar surface area (TPSA) is 55.8 Å². The van der Waals surface area contributed by atoms with Gasteiger partial charge in [-0.3, -0.25) is 4.79 Å². The molecule has 1 aromatic rings. The summed E-state index contributed by atoms with van der Waals surface area (Å²) in [5, 5.41) is 8.63. The first kappa shape index (κ1) is 10.8. The number of rotatable bonds is 3. The van der Waals surface area contributed by atoms with Crippen molar-refractivity contribution in [3.05, 3.63) is 23.3 Å². The standard InChI is InChI=1S/C12H14O4/c1-8-6-9(2-3-11(13)14)7-10-12(8)16-5-4-15-10/h6-7H,2-5H2,1H3,(H,13,14). The third-order valence-electron chi connectivity index (χ3n) is 2.52. The third-order valence-corrected chi connectivity index (χ3v) is 2.52. The molecule has 1 aliphatic rings. The van der Waals surface area contributed by atoms with E-state index in [1.807, 2.05) is 19.1 Å². The number of aryl methyl sites for hydroxylation is 2. The van der Waals surface area contributed by atoms with Crippen LogP contribution in [0.1, 0.15) is 17.5 Å². The monoisotopic (exact) mass is 222 g/mol. The van der Waals surface area contributed by atoms with Crippen molar-refractivity contribution in [2.45, 2.75) is 19.8 Å². The molecule has 1 aliphatic heterocycles. The maximum absolute atomic E-state index is 10.5. The molecule has 86 valence electrons. The van der Waals surface area contributed by atoms with Crippen LogP contribution < -0.4 is 9.47 Å². The molecule has 0 fully saturated rings. The largest absolute Gasteiger partial charge is 0.486 e. The molecule has 0 amide bonds. The van der Waals surface area contributed by atoms with Crippen molar-refractivity contribution in [1.82, 2.24) is 0 Å². The van der Waals surface area contributed by atoms with Crippen molar-refractivity contribution in [3.8, 4) is 11.5 Å². The van der Waals surface area contributed by atoms with Crippen molar-refractivity contribution < 1.29 is 19.4 Å². The first-order valence-electron chi connectivity index (χ1n) is 5.28. The number of ether oxygens (including phenoxy) is 2. The second-order valence-electron chi connectivity index (χ2n) is 3.83. The lowest BCUT2D eigenvalue weighted by molar-refractivity contribution is -0.136. The van der Waals surface area contributed by atoms with Crippen molar-refractivity contribution in [2.24, 2.45) is 0 Å². The molecule has 0 aromatic heterocycles. The average Bonchev–Trinajstić information content (AvgIpc) is 2.26. The minimum absolute atomic E-state index is 0.138. The highest BCUT2D eigenvalue weighted by Gasteiger charge is 2.15. The summed E-state index contributed by atoms with van der Waals surface area (Å²) < 4.78 is 11.0. The van der Waals surface area contributed by atoms with Gasteiger partial charge in [-0.2, -0.15) is 0 Å². The fraction of sp³-hybridized carbons (Fsp3) is 0.417. The van der Waals surface area contributed by atoms with E-state index in [1.165, 1.54) is 0 Å². The molecule has 16 heavy (non-hydrogen) atoms. The van der Waals surface area contributed by atoms with Gasteiger partial charge >= 0.3 is 5.97 Å². The highest BCUT2D eigenvalue weighted by Crippen LogP contribution is 2.34. The van der Waals surface area contributed by atoms with Gasteiger partial charge in [0.2, 0.25) is 0 Å². The Morgan fingerprint density at radius 1 is 1.38 bits per heavy atom. The van der Waals surface area contributed by atoms with E-state index < -0.39 is 5.97 Å². The van der Waals surface area contributed by atoms with Crippen LogP contribution in [0.2, 0.25) is 0 Å². The first-order valence-corrected chi connectivity index (χ1v) is 5.28. The smallest absolute Gasteiger partial charge is 0.303 e. The minimum atomic E-state index is -0.785. The number of carbonyl (C=O) groups is 1. The molecule has 1 N–H and O–H groups in total. The van der Waals surface area contributed by atoms with Gasteiger partial charge in [-0.25, -0.2) is 0 Å². The third kappa shape index (κ3) is 2.27. The Kier molecular flexibility index (Phi) is 2.99. The van der Waals surface area contributed by atoms with Crippen LogP contribution in [-0.2, 0) is 11.2 Å². The van der Waals surface area contributed by atoms with Gasteiger partial charge in [0, 0.05) is 6.42 Å². The van der Waals surface area contributed by atoms with Gasteiger partial charge in [0.15, 0.2) is 11.5 Å². The van der Waals surface area contributed by atoms with E-state index in [2.05, 4.69) is 0 Å². The van der Waals surface area contributed by atoms with E-state index in [0.29, 0.717) is 19.6 Å². The molecule has 0 spiro atoms. The van der Waals surface area contributed by atoms with Crippen molar-refractivity contribution in [1.29, 1.82) is 0 Å². The number of carboxylic acids is 1. The molecule has 4 heteroatoms. The summed E-state index contributed by atoms with van der Waals surface area (Å²) in [7, 11) is 0. The molecular formula is C12H14O4. The lowest BCUT2D eigenvalue weighted by Gasteiger charge is -2.21. The predicted octanol–water partition coefficient (Wildman–Crippen LogP) is 1.78. The zero-order chi connectivity index (χ0) is 11.5. The lowest BCUT2D eigenvalue weighted by atomic mass is 10.1. The molecule has 0 bridgehead atoms. The molecule has 0 saturated carbocycles. The van der Waals surface area contributed by atoms with E-state index in [1.54, 1.807) is 0 Å². The van der Waals surface area contributed by atoms with E-state index >= 15 is 0 Å². The van der Waals surface area contributed by atoms with Crippen LogP contribution >= 0.6 is 0 Å². The van der Waals surface area contributed by atoms with Crippen molar-refractivity contribution in [3.63, 3.8) is 0 Å². The summed E-state index contributed by atoms with van der Waals surface area (Å²) in [4.78, 5) is 10.5. The maximum Gasteiger partial charge on any atom is 0.303 e. The summed E-state index contributed by atoms with van der Waals surface area (Å²) >= 11 is 0. The quantitative estimate of drug-likeness (QED) is 0.847. The molecule has 0 radical (unpaired) electrons. The molecule has 2 rings (SSSR count). The van der Waals surface area contributed by atoms with Gasteiger partial charge < -0.3 is 14.6 Å². The van der Waals surface area contributed by atoms with Crippen LogP contribution in [0.5, 0.6) is 11.5 Å². The van der Waals surface area contributed by atoms with E-state index in [-0.39, 0.29) is 6.42 Å². The van der Waals surface area contributed by atoms with Crippen LogP contribution in [0.25, 0.3) is 0 Å². The Morgan fingerprint density at radius 2 is 2.12 bits per heavy atom. The van der Waals surface area contributed by atoms with Crippen molar-refractivity contribution >= 4 is 5.97 Å². The summed E-state index contributed by atoms with van der Waals surface area (Å²) in [5.41, 5.74) is 1.97. The minimum Gasteiger partial charge on any atom is -0.486 e.